The van der Waals surface area contributed by atoms with Crippen LogP contribution in [0.4, 0.5) is 4.79 Å². The van der Waals surface area contributed by atoms with Gasteiger partial charge in [0.1, 0.15) is 30.3 Å². The van der Waals surface area contributed by atoms with Crippen molar-refractivity contribution in [1.82, 2.24) is 5.32 Å². The fraction of sp³-hybridized carbons (Fsp3) is 0.487. The smallest absolute Gasteiger partial charge is 0.407 e. The number of aliphatic hydroxyl groups is 1. The minimum Gasteiger partial charge on any atom is -0.457 e. The summed E-state index contributed by atoms with van der Waals surface area (Å²) < 4.78 is 28.0. The molecule has 0 aromatic heterocycles. The van der Waals surface area contributed by atoms with Gasteiger partial charge < -0.3 is 34.1 Å². The molecular formula is C39H48Cl3NO8S. The Morgan fingerprint density at radius 2 is 1.50 bits per heavy atom. The van der Waals surface area contributed by atoms with Gasteiger partial charge >= 0.3 is 12.1 Å². The number of hydrogen-bond donors (Lipinski definition) is 2. The third-order valence-electron chi connectivity index (χ3n) is 8.33. The number of unbranched alkanes of at least 4 members (excludes halogenated alkanes) is 4. The highest BCUT2D eigenvalue weighted by molar-refractivity contribution is 7.99. The highest BCUT2D eigenvalue weighted by atomic mass is 35.6. The van der Waals surface area contributed by atoms with Gasteiger partial charge in [0, 0.05) is 4.90 Å². The van der Waals surface area contributed by atoms with Crippen LogP contribution in [-0.2, 0) is 41.7 Å². The van der Waals surface area contributed by atoms with Crippen LogP contribution in [0.25, 0.3) is 0 Å². The second-order valence-electron chi connectivity index (χ2n) is 12.6. The summed E-state index contributed by atoms with van der Waals surface area (Å²) in [4.78, 5) is 27.7. The molecule has 1 heterocycles. The van der Waals surface area contributed by atoms with E-state index >= 15 is 0 Å². The summed E-state index contributed by atoms with van der Waals surface area (Å²) >= 11 is 18.8. The van der Waals surface area contributed by atoms with Crippen molar-refractivity contribution in [2.45, 2.75) is 110 Å². The van der Waals surface area contributed by atoms with Gasteiger partial charge in [-0.2, -0.15) is 0 Å². The van der Waals surface area contributed by atoms with Gasteiger partial charge in [-0.15, -0.1) is 0 Å². The van der Waals surface area contributed by atoms with Crippen molar-refractivity contribution in [1.29, 1.82) is 0 Å². The Bertz CT molecular complexity index is 1450. The number of thioether (sulfide) groups is 1. The van der Waals surface area contributed by atoms with E-state index in [9.17, 15) is 14.7 Å². The van der Waals surface area contributed by atoms with Gasteiger partial charge in [-0.05, 0) is 29.7 Å². The Morgan fingerprint density at radius 1 is 0.885 bits per heavy atom. The van der Waals surface area contributed by atoms with Gasteiger partial charge in [-0.1, -0.05) is 164 Å². The standard InChI is InChI=1S/C39H48Cl3NO8S/c1-2-3-4-5-13-20-30(48-25-29-18-11-7-12-19-29)23-33(44)51-36-34(43-38(46)49-27-39(40,41)42)37(52-31-21-14-8-15-22-31)50-32(35(36)45)26-47-24-28-16-9-6-10-17-28/h6-12,14-19,21-22,30,32,34-37,45H,2-5,13,20,23-27H2,1H3,(H,43,46)/t30-,32-,34-,35-,36-,37-/m1/s1/i37+1. The maximum atomic E-state index is 13.8. The molecule has 0 saturated carbocycles. The van der Waals surface area contributed by atoms with Crippen molar-refractivity contribution < 1.29 is 38.4 Å². The fourth-order valence-corrected chi connectivity index (χ4v) is 6.98. The highest BCUT2D eigenvalue weighted by Gasteiger charge is 2.49. The monoisotopic (exact) mass is 796 g/mol. The van der Waals surface area contributed by atoms with E-state index in [0.717, 1.165) is 48.1 Å². The molecule has 6 atom stereocenters. The summed E-state index contributed by atoms with van der Waals surface area (Å²) in [5.74, 6) is -0.591. The molecule has 1 fully saturated rings. The normalized spacial score (nSPS) is 20.9. The van der Waals surface area contributed by atoms with Crippen molar-refractivity contribution in [2.24, 2.45) is 0 Å². The summed E-state index contributed by atoms with van der Waals surface area (Å²) in [6.07, 6.45) is 0.984. The van der Waals surface area contributed by atoms with Crippen LogP contribution in [0, 0.1) is 0 Å². The number of benzene rings is 3. The first-order valence-electron chi connectivity index (χ1n) is 17.6. The molecule has 1 amide bonds. The quantitative estimate of drug-likeness (QED) is 0.0502. The SMILES string of the molecule is CCCCCCC[C@H](CC(=O)O[C@H]1[C@H](O)[C@@H](COCc2ccccc2)O[13C@H](Sc2ccccc2)[C@@H]1NC(=O)OCC(Cl)(Cl)Cl)OCc1ccccc1. The number of halogens is 3. The molecule has 0 spiro atoms. The van der Waals surface area contributed by atoms with E-state index in [-0.39, 0.29) is 19.6 Å². The van der Waals surface area contributed by atoms with Crippen molar-refractivity contribution in [3.63, 3.8) is 0 Å². The summed E-state index contributed by atoms with van der Waals surface area (Å²) in [7, 11) is 0. The molecule has 1 aliphatic heterocycles. The fourth-order valence-electron chi connectivity index (χ4n) is 5.67. The van der Waals surface area contributed by atoms with Crippen LogP contribution in [0.5, 0.6) is 0 Å². The van der Waals surface area contributed by atoms with E-state index in [1.807, 2.05) is 91.0 Å². The zero-order chi connectivity index (χ0) is 37.2. The molecule has 1 aliphatic rings. The average molecular weight is 798 g/mol. The largest absolute Gasteiger partial charge is 0.457 e. The van der Waals surface area contributed by atoms with E-state index in [4.69, 9.17) is 58.5 Å². The molecule has 284 valence electrons. The number of alkyl halides is 3. The summed E-state index contributed by atoms with van der Waals surface area (Å²) in [6.45, 7) is 2.23. The third-order valence-corrected chi connectivity index (χ3v) is 9.84. The van der Waals surface area contributed by atoms with Gasteiger partial charge in [0.2, 0.25) is 3.79 Å². The van der Waals surface area contributed by atoms with Crippen molar-refractivity contribution in [2.75, 3.05) is 13.2 Å². The molecule has 13 heteroatoms. The van der Waals surface area contributed by atoms with Crippen LogP contribution in [-0.4, -0.2) is 70.1 Å². The van der Waals surface area contributed by atoms with E-state index < -0.39 is 58.4 Å². The second-order valence-corrected chi connectivity index (χ2v) is 16.3. The van der Waals surface area contributed by atoms with Crippen molar-refractivity contribution in [3.05, 3.63) is 102 Å². The van der Waals surface area contributed by atoms with Gasteiger partial charge in [-0.25, -0.2) is 4.79 Å². The lowest BCUT2D eigenvalue weighted by Crippen LogP contribution is -2.64. The van der Waals surface area contributed by atoms with E-state index in [0.29, 0.717) is 13.0 Å². The average Bonchev–Trinajstić information content (AvgIpc) is 3.13. The molecule has 4 rings (SSSR count). The van der Waals surface area contributed by atoms with Crippen LogP contribution >= 0.6 is 46.6 Å². The first-order chi connectivity index (χ1) is 25.1. The zero-order valence-electron chi connectivity index (χ0n) is 29.2. The van der Waals surface area contributed by atoms with E-state index in [2.05, 4.69) is 12.2 Å². The predicted octanol–water partition coefficient (Wildman–Crippen LogP) is 8.79. The number of carbonyl (C=O) groups excluding carboxylic acids is 2. The van der Waals surface area contributed by atoms with Crippen LogP contribution in [0.2, 0.25) is 0 Å². The van der Waals surface area contributed by atoms with E-state index in [1.165, 1.54) is 11.8 Å². The first-order valence-corrected chi connectivity index (χ1v) is 19.6. The first kappa shape index (κ1) is 42.2. The predicted molar refractivity (Wildman–Crippen MR) is 205 cm³/mol. The number of hydrogen-bond acceptors (Lipinski definition) is 9. The molecule has 9 nitrogen and oxygen atoms in total. The van der Waals surface area contributed by atoms with Gasteiger partial charge in [0.05, 0.1) is 32.3 Å². The summed E-state index contributed by atoms with van der Waals surface area (Å²) in [5, 5.41) is 14.4. The second kappa shape index (κ2) is 22.6. The summed E-state index contributed by atoms with van der Waals surface area (Å²) in [5.41, 5.74) is 1.08. The number of rotatable bonds is 20. The Morgan fingerprint density at radius 3 is 2.13 bits per heavy atom. The number of alkyl carbamates (subject to hydrolysis) is 1. The molecule has 1 saturated heterocycles. The minimum absolute atomic E-state index is 0.0129. The molecule has 3 aromatic rings. The lowest BCUT2D eigenvalue weighted by molar-refractivity contribution is -0.200. The molecule has 0 bridgehead atoms. The maximum Gasteiger partial charge on any atom is 0.407 e. The Labute approximate surface area is 325 Å². The molecule has 3 aromatic carbocycles. The van der Waals surface area contributed by atoms with Crippen LogP contribution in [0.1, 0.15) is 63.0 Å². The number of carbonyl (C=O) groups is 2. The Balaban J connectivity index is 1.54. The number of ether oxygens (including phenoxy) is 5. The lowest BCUT2D eigenvalue weighted by Gasteiger charge is -2.44. The molecule has 0 unspecified atom stereocenters. The third kappa shape index (κ3) is 15.4. The number of esters is 1. The van der Waals surface area contributed by atoms with Crippen molar-refractivity contribution in [3.8, 4) is 0 Å². The highest BCUT2D eigenvalue weighted by Crippen LogP contribution is 2.35. The Kier molecular flexibility index (Phi) is 18.4. The summed E-state index contributed by atoms with van der Waals surface area (Å²) in [6, 6.07) is 27.7. The number of amides is 1. The number of nitrogens with one attached hydrogen (secondary N) is 1. The van der Waals surface area contributed by atoms with Crippen LogP contribution < -0.4 is 5.32 Å². The molecule has 0 radical (unpaired) electrons. The van der Waals surface area contributed by atoms with Crippen LogP contribution in [0.3, 0.4) is 0 Å². The van der Waals surface area contributed by atoms with Gasteiger partial charge in [-0.3, -0.25) is 4.79 Å². The van der Waals surface area contributed by atoms with Crippen LogP contribution in [0.15, 0.2) is 95.9 Å². The van der Waals surface area contributed by atoms with Crippen molar-refractivity contribution >= 4 is 58.6 Å². The zero-order valence-corrected chi connectivity index (χ0v) is 32.3. The van der Waals surface area contributed by atoms with E-state index in [1.54, 1.807) is 0 Å². The molecule has 2 N–H and O–H groups in total. The molecular weight excluding hydrogens is 750 g/mol. The van der Waals surface area contributed by atoms with Gasteiger partial charge in [0.25, 0.3) is 0 Å². The Hall–Kier alpha value is -2.54. The lowest BCUT2D eigenvalue weighted by atomic mass is 10.0. The topological polar surface area (TPSA) is 113 Å². The van der Waals surface area contributed by atoms with Gasteiger partial charge in [0.15, 0.2) is 6.10 Å². The molecule has 0 aliphatic carbocycles. The maximum absolute atomic E-state index is 13.8. The minimum atomic E-state index is -1.85. The molecule has 52 heavy (non-hydrogen) atoms. The number of aliphatic hydroxyl groups excluding tert-OH is 1.